The van der Waals surface area contributed by atoms with Gasteiger partial charge in [-0.2, -0.15) is 0 Å². The Hall–Kier alpha value is -1.46. The number of amides is 2. The van der Waals surface area contributed by atoms with Crippen molar-refractivity contribution in [2.24, 2.45) is 0 Å². The van der Waals surface area contributed by atoms with Gasteiger partial charge < -0.3 is 19.9 Å². The average molecular weight is 352 g/mol. The number of nitrogens with zero attached hydrogens (tertiary/aromatic N) is 2. The van der Waals surface area contributed by atoms with Gasteiger partial charge in [-0.1, -0.05) is 30.5 Å². The molecule has 3 rings (SSSR count). The molecule has 0 spiro atoms. The number of halogens is 1. The summed E-state index contributed by atoms with van der Waals surface area (Å²) in [5.41, 5.74) is 0.122. The average Bonchev–Trinajstić information content (AvgIpc) is 2.98. The van der Waals surface area contributed by atoms with Gasteiger partial charge in [-0.3, -0.25) is 0 Å². The van der Waals surface area contributed by atoms with Crippen LogP contribution in [0.2, 0.25) is 5.02 Å². The standard InChI is InChI=1S/C18H26ClN3O2/c1-21(2)18(8-3-4-9-18)13-20-17(23)22-11-16(12-22)24-15-7-5-6-14(19)10-15/h5-7,10,16H,3-4,8-9,11-13H2,1-2H3,(H,20,23). The van der Waals surface area contributed by atoms with E-state index in [1.54, 1.807) is 11.0 Å². The Morgan fingerprint density at radius 3 is 2.71 bits per heavy atom. The number of likely N-dealkylation sites (N-methyl/N-ethyl adjacent to an activating group) is 1. The Labute approximate surface area is 148 Å². The zero-order valence-corrected chi connectivity index (χ0v) is 15.2. The molecule has 1 aliphatic heterocycles. The van der Waals surface area contributed by atoms with Crippen molar-refractivity contribution < 1.29 is 9.53 Å². The van der Waals surface area contributed by atoms with E-state index in [1.165, 1.54) is 12.8 Å². The highest BCUT2D eigenvalue weighted by atomic mass is 35.5. The van der Waals surface area contributed by atoms with Gasteiger partial charge in [-0.05, 0) is 45.1 Å². The molecule has 0 unspecified atom stereocenters. The highest BCUT2D eigenvalue weighted by Crippen LogP contribution is 2.33. The van der Waals surface area contributed by atoms with Crippen molar-refractivity contribution in [3.63, 3.8) is 0 Å². The number of nitrogens with one attached hydrogen (secondary N) is 1. The second-order valence-electron chi connectivity index (χ2n) is 7.09. The molecule has 0 atom stereocenters. The monoisotopic (exact) mass is 351 g/mol. The SMILES string of the molecule is CN(C)C1(CNC(=O)N2CC(Oc3cccc(Cl)c3)C2)CCCC1. The quantitative estimate of drug-likeness (QED) is 0.887. The molecule has 24 heavy (non-hydrogen) atoms. The molecular formula is C18H26ClN3O2. The molecule has 1 aliphatic carbocycles. The number of rotatable bonds is 5. The van der Waals surface area contributed by atoms with Gasteiger partial charge in [0.1, 0.15) is 11.9 Å². The predicted molar refractivity (Wildman–Crippen MR) is 95.7 cm³/mol. The molecule has 2 aliphatic rings. The third kappa shape index (κ3) is 3.78. The van der Waals surface area contributed by atoms with Crippen molar-refractivity contribution in [3.05, 3.63) is 29.3 Å². The van der Waals surface area contributed by atoms with Crippen molar-refractivity contribution in [2.45, 2.75) is 37.3 Å². The lowest BCUT2D eigenvalue weighted by atomic mass is 9.96. The van der Waals surface area contributed by atoms with Crippen LogP contribution >= 0.6 is 11.6 Å². The van der Waals surface area contributed by atoms with Crippen LogP contribution in [0.15, 0.2) is 24.3 Å². The molecule has 1 saturated heterocycles. The Bertz CT molecular complexity index is 581. The summed E-state index contributed by atoms with van der Waals surface area (Å²) in [5.74, 6) is 0.755. The highest BCUT2D eigenvalue weighted by Gasteiger charge is 2.38. The number of ether oxygens (including phenoxy) is 1. The third-order valence-corrected chi connectivity index (χ3v) is 5.52. The van der Waals surface area contributed by atoms with Crippen molar-refractivity contribution in [3.8, 4) is 5.75 Å². The minimum absolute atomic E-state index is 0.00840. The molecule has 1 aromatic carbocycles. The number of urea groups is 1. The van der Waals surface area contributed by atoms with Crippen molar-refractivity contribution in [1.82, 2.24) is 15.1 Å². The Morgan fingerprint density at radius 2 is 2.08 bits per heavy atom. The van der Waals surface area contributed by atoms with Crippen LogP contribution in [0.5, 0.6) is 5.75 Å². The minimum Gasteiger partial charge on any atom is -0.487 e. The molecule has 6 heteroatoms. The molecule has 0 aromatic heterocycles. The second-order valence-corrected chi connectivity index (χ2v) is 7.52. The number of hydrogen-bond acceptors (Lipinski definition) is 3. The summed E-state index contributed by atoms with van der Waals surface area (Å²) in [6.45, 7) is 1.95. The van der Waals surface area contributed by atoms with E-state index in [9.17, 15) is 4.79 Å². The fourth-order valence-corrected chi connectivity index (χ4v) is 3.76. The van der Waals surface area contributed by atoms with Crippen LogP contribution in [-0.2, 0) is 0 Å². The highest BCUT2D eigenvalue weighted by molar-refractivity contribution is 6.30. The first kappa shape index (κ1) is 17.4. The van der Waals surface area contributed by atoms with Crippen LogP contribution in [0.1, 0.15) is 25.7 Å². The van der Waals surface area contributed by atoms with E-state index < -0.39 is 0 Å². The van der Waals surface area contributed by atoms with E-state index in [2.05, 4.69) is 24.3 Å². The van der Waals surface area contributed by atoms with Crippen LogP contribution in [0.25, 0.3) is 0 Å². The minimum atomic E-state index is 0.00840. The number of carbonyl (C=O) groups excluding carboxylic acids is 1. The first-order chi connectivity index (χ1) is 11.5. The first-order valence-corrected chi connectivity index (χ1v) is 8.99. The summed E-state index contributed by atoms with van der Waals surface area (Å²) < 4.78 is 5.83. The zero-order chi connectivity index (χ0) is 17.2. The topological polar surface area (TPSA) is 44.8 Å². The lowest BCUT2D eigenvalue weighted by molar-refractivity contribution is 0.0425. The van der Waals surface area contributed by atoms with Crippen molar-refractivity contribution in [2.75, 3.05) is 33.7 Å². The molecule has 2 amide bonds. The molecule has 2 fully saturated rings. The lowest BCUT2D eigenvalue weighted by Gasteiger charge is -2.41. The van der Waals surface area contributed by atoms with Crippen LogP contribution in [0, 0.1) is 0 Å². The summed E-state index contributed by atoms with van der Waals surface area (Å²) >= 11 is 5.95. The molecule has 132 valence electrons. The van der Waals surface area contributed by atoms with Gasteiger partial charge in [0, 0.05) is 17.1 Å². The first-order valence-electron chi connectivity index (χ1n) is 8.61. The molecule has 1 N–H and O–H groups in total. The fraction of sp³-hybridized carbons (Fsp3) is 0.611. The Balaban J connectivity index is 1.43. The van der Waals surface area contributed by atoms with Gasteiger partial charge in [-0.15, -0.1) is 0 Å². The van der Waals surface area contributed by atoms with Gasteiger partial charge in [0.2, 0.25) is 0 Å². The van der Waals surface area contributed by atoms with Crippen molar-refractivity contribution in [1.29, 1.82) is 0 Å². The summed E-state index contributed by atoms with van der Waals surface area (Å²) in [4.78, 5) is 16.4. The number of hydrogen-bond donors (Lipinski definition) is 1. The maximum absolute atomic E-state index is 12.3. The maximum atomic E-state index is 12.3. The molecule has 1 heterocycles. The molecule has 5 nitrogen and oxygen atoms in total. The van der Waals surface area contributed by atoms with Gasteiger partial charge in [0.25, 0.3) is 0 Å². The van der Waals surface area contributed by atoms with E-state index in [0.29, 0.717) is 18.1 Å². The number of carbonyl (C=O) groups is 1. The van der Waals surface area contributed by atoms with Crippen LogP contribution < -0.4 is 10.1 Å². The molecule has 1 saturated carbocycles. The molecule has 1 aromatic rings. The van der Waals surface area contributed by atoms with E-state index in [4.69, 9.17) is 16.3 Å². The van der Waals surface area contributed by atoms with E-state index in [1.807, 2.05) is 18.2 Å². The largest absolute Gasteiger partial charge is 0.487 e. The summed E-state index contributed by atoms with van der Waals surface area (Å²) in [7, 11) is 4.21. The normalized spacial score (nSPS) is 20.1. The van der Waals surface area contributed by atoms with Crippen LogP contribution in [0.4, 0.5) is 4.79 Å². The lowest BCUT2D eigenvalue weighted by Crippen LogP contribution is -2.61. The molecule has 0 bridgehead atoms. The third-order valence-electron chi connectivity index (χ3n) is 5.29. The zero-order valence-electron chi connectivity index (χ0n) is 14.4. The Morgan fingerprint density at radius 1 is 1.38 bits per heavy atom. The van der Waals surface area contributed by atoms with Crippen LogP contribution in [0.3, 0.4) is 0 Å². The Kier molecular flexibility index (Phi) is 5.21. The summed E-state index contributed by atoms with van der Waals surface area (Å²) in [6, 6.07) is 7.37. The van der Waals surface area contributed by atoms with Gasteiger partial charge in [0.15, 0.2) is 0 Å². The van der Waals surface area contributed by atoms with Gasteiger partial charge in [0.05, 0.1) is 13.1 Å². The van der Waals surface area contributed by atoms with E-state index >= 15 is 0 Å². The maximum Gasteiger partial charge on any atom is 0.317 e. The number of likely N-dealkylation sites (tertiary alicyclic amines) is 1. The van der Waals surface area contributed by atoms with Crippen molar-refractivity contribution >= 4 is 17.6 Å². The molecular weight excluding hydrogens is 326 g/mol. The molecule has 0 radical (unpaired) electrons. The summed E-state index contributed by atoms with van der Waals surface area (Å²) in [6.07, 6.45) is 4.84. The number of benzene rings is 1. The van der Waals surface area contributed by atoms with Gasteiger partial charge in [-0.25, -0.2) is 4.79 Å². The predicted octanol–water partition coefficient (Wildman–Crippen LogP) is 2.99. The van der Waals surface area contributed by atoms with E-state index in [-0.39, 0.29) is 17.7 Å². The second kappa shape index (κ2) is 7.19. The van der Waals surface area contributed by atoms with E-state index in [0.717, 1.165) is 25.1 Å². The summed E-state index contributed by atoms with van der Waals surface area (Å²) in [5, 5.41) is 3.77. The smallest absolute Gasteiger partial charge is 0.317 e. The van der Waals surface area contributed by atoms with Gasteiger partial charge >= 0.3 is 6.03 Å². The van der Waals surface area contributed by atoms with Crippen LogP contribution in [-0.4, -0.2) is 61.2 Å². The fourth-order valence-electron chi connectivity index (χ4n) is 3.58.